The third-order valence-electron chi connectivity index (χ3n) is 2.38. The third kappa shape index (κ3) is 3.17. The van der Waals surface area contributed by atoms with Gasteiger partial charge in [-0.05, 0) is 30.3 Å². The molecule has 0 amide bonds. The molecule has 5 nitrogen and oxygen atoms in total. The smallest absolute Gasteiger partial charge is 0.269 e. The number of carbonyl (C=O) groups is 1. The molecular formula is C13H8BrNO4. The Balaban J connectivity index is 2.21. The summed E-state index contributed by atoms with van der Waals surface area (Å²) in [6, 6.07) is 10.7. The summed E-state index contributed by atoms with van der Waals surface area (Å²) in [5.74, 6) is 0.948. The summed E-state index contributed by atoms with van der Waals surface area (Å²) >= 11 is 3.24. The topological polar surface area (TPSA) is 69.4 Å². The van der Waals surface area contributed by atoms with Crippen molar-refractivity contribution >= 4 is 27.9 Å². The molecule has 0 saturated carbocycles. The summed E-state index contributed by atoms with van der Waals surface area (Å²) in [6.07, 6.45) is 0.715. The molecule has 0 saturated heterocycles. The molecule has 0 aliphatic rings. The van der Waals surface area contributed by atoms with E-state index >= 15 is 0 Å². The third-order valence-corrected chi connectivity index (χ3v) is 3.10. The van der Waals surface area contributed by atoms with Crippen LogP contribution in [0.5, 0.6) is 11.5 Å². The number of benzene rings is 2. The number of hydrogen-bond acceptors (Lipinski definition) is 4. The Morgan fingerprint density at radius 2 is 1.74 bits per heavy atom. The van der Waals surface area contributed by atoms with Crippen LogP contribution in [0.2, 0.25) is 0 Å². The first-order valence-electron chi connectivity index (χ1n) is 5.27. The minimum atomic E-state index is -0.478. The van der Waals surface area contributed by atoms with Crippen LogP contribution in [0.3, 0.4) is 0 Å². The quantitative estimate of drug-likeness (QED) is 0.485. The fraction of sp³-hybridized carbons (Fsp3) is 0. The summed E-state index contributed by atoms with van der Waals surface area (Å²) in [5.41, 5.74) is 0.469. The largest absolute Gasteiger partial charge is 0.457 e. The first kappa shape index (κ1) is 13.2. The van der Waals surface area contributed by atoms with Crippen LogP contribution >= 0.6 is 15.9 Å². The predicted molar refractivity (Wildman–Crippen MR) is 72.7 cm³/mol. The normalized spacial score (nSPS) is 9.95. The number of ether oxygens (including phenoxy) is 1. The average Bonchev–Trinajstić information content (AvgIpc) is 2.41. The Morgan fingerprint density at radius 3 is 2.32 bits per heavy atom. The fourth-order valence-corrected chi connectivity index (χ4v) is 1.79. The van der Waals surface area contributed by atoms with Gasteiger partial charge in [-0.25, -0.2) is 0 Å². The molecule has 6 heteroatoms. The zero-order chi connectivity index (χ0) is 13.8. The highest BCUT2D eigenvalue weighted by atomic mass is 79.9. The van der Waals surface area contributed by atoms with E-state index in [1.54, 1.807) is 18.2 Å². The maximum absolute atomic E-state index is 10.8. The number of nitro benzene ring substituents is 1. The van der Waals surface area contributed by atoms with Gasteiger partial charge in [-0.1, -0.05) is 15.9 Å². The second-order valence-electron chi connectivity index (χ2n) is 3.65. The van der Waals surface area contributed by atoms with Gasteiger partial charge in [0.15, 0.2) is 6.29 Å². The van der Waals surface area contributed by atoms with Gasteiger partial charge in [-0.15, -0.1) is 0 Å². The maximum atomic E-state index is 10.8. The lowest BCUT2D eigenvalue weighted by Gasteiger charge is -2.06. The van der Waals surface area contributed by atoms with E-state index in [1.807, 2.05) is 0 Å². The number of halogens is 1. The molecule has 2 rings (SSSR count). The van der Waals surface area contributed by atoms with E-state index < -0.39 is 4.92 Å². The standard InChI is InChI=1S/C13H8BrNO4/c14-13-6-5-12(7-9(13)8-16)19-11-3-1-10(2-4-11)15(17)18/h1-8H. The van der Waals surface area contributed by atoms with Crippen molar-refractivity contribution < 1.29 is 14.5 Å². The molecule has 96 valence electrons. The zero-order valence-electron chi connectivity index (χ0n) is 9.58. The van der Waals surface area contributed by atoms with Crippen molar-refractivity contribution in [2.24, 2.45) is 0 Å². The average molecular weight is 322 g/mol. The highest BCUT2D eigenvalue weighted by Gasteiger charge is 2.06. The Hall–Kier alpha value is -2.21. The minimum absolute atomic E-state index is 0.00302. The van der Waals surface area contributed by atoms with Crippen LogP contribution in [0.4, 0.5) is 5.69 Å². The van der Waals surface area contributed by atoms with E-state index in [-0.39, 0.29) is 5.69 Å². The van der Waals surface area contributed by atoms with Gasteiger partial charge in [0.05, 0.1) is 4.92 Å². The van der Waals surface area contributed by atoms with Crippen molar-refractivity contribution in [2.75, 3.05) is 0 Å². The molecule has 2 aromatic carbocycles. The minimum Gasteiger partial charge on any atom is -0.457 e. The van der Waals surface area contributed by atoms with Gasteiger partial charge in [0.25, 0.3) is 5.69 Å². The molecule has 19 heavy (non-hydrogen) atoms. The van der Waals surface area contributed by atoms with Crippen LogP contribution in [0.1, 0.15) is 10.4 Å². The highest BCUT2D eigenvalue weighted by Crippen LogP contribution is 2.27. The van der Waals surface area contributed by atoms with Gasteiger partial charge in [-0.2, -0.15) is 0 Å². The van der Waals surface area contributed by atoms with Crippen molar-refractivity contribution in [2.45, 2.75) is 0 Å². The molecule has 0 radical (unpaired) electrons. The molecule has 0 spiro atoms. The molecule has 0 fully saturated rings. The van der Waals surface area contributed by atoms with E-state index in [9.17, 15) is 14.9 Å². The number of non-ortho nitro benzene ring substituents is 1. The van der Waals surface area contributed by atoms with Crippen molar-refractivity contribution in [1.82, 2.24) is 0 Å². The van der Waals surface area contributed by atoms with Gasteiger partial charge in [-0.3, -0.25) is 14.9 Å². The second-order valence-corrected chi connectivity index (χ2v) is 4.51. The molecule has 0 N–H and O–H groups in total. The van der Waals surface area contributed by atoms with Crippen LogP contribution < -0.4 is 4.74 Å². The number of hydrogen-bond donors (Lipinski definition) is 0. The first-order chi connectivity index (χ1) is 9.10. The lowest BCUT2D eigenvalue weighted by atomic mass is 10.2. The Kier molecular flexibility index (Phi) is 3.91. The Morgan fingerprint density at radius 1 is 1.11 bits per heavy atom. The first-order valence-corrected chi connectivity index (χ1v) is 6.06. The SMILES string of the molecule is O=Cc1cc(Oc2ccc([N+](=O)[O-])cc2)ccc1Br. The summed E-state index contributed by atoms with van der Waals surface area (Å²) < 4.78 is 6.19. The van der Waals surface area contributed by atoms with Crippen LogP contribution in [0, 0.1) is 10.1 Å². The number of nitrogens with zero attached hydrogens (tertiary/aromatic N) is 1. The predicted octanol–water partition coefficient (Wildman–Crippen LogP) is 3.96. The van der Waals surface area contributed by atoms with Gasteiger partial charge < -0.3 is 4.74 Å². The number of nitro groups is 1. The van der Waals surface area contributed by atoms with Gasteiger partial charge in [0.1, 0.15) is 11.5 Å². The molecule has 0 aliphatic carbocycles. The van der Waals surface area contributed by atoms with Crippen LogP contribution in [0.25, 0.3) is 0 Å². The van der Waals surface area contributed by atoms with Crippen LogP contribution in [-0.2, 0) is 0 Å². The maximum Gasteiger partial charge on any atom is 0.269 e. The Labute approximate surface area is 117 Å². The summed E-state index contributed by atoms with van der Waals surface area (Å²) in [5, 5.41) is 10.5. The zero-order valence-corrected chi connectivity index (χ0v) is 11.2. The molecule has 0 heterocycles. The van der Waals surface area contributed by atoms with Crippen molar-refractivity contribution in [3.63, 3.8) is 0 Å². The summed E-state index contributed by atoms with van der Waals surface area (Å²) in [4.78, 5) is 20.8. The molecular weight excluding hydrogens is 314 g/mol. The Bertz CT molecular complexity index is 625. The molecule has 0 aromatic heterocycles. The van der Waals surface area contributed by atoms with Crippen LogP contribution in [0.15, 0.2) is 46.9 Å². The molecule has 0 atom stereocenters. The fourth-order valence-electron chi connectivity index (χ4n) is 1.45. The molecule has 0 unspecified atom stereocenters. The number of carbonyl (C=O) groups excluding carboxylic acids is 1. The van der Waals surface area contributed by atoms with Gasteiger partial charge in [0.2, 0.25) is 0 Å². The van der Waals surface area contributed by atoms with Crippen LogP contribution in [-0.4, -0.2) is 11.2 Å². The number of aldehydes is 1. The molecule has 0 aliphatic heterocycles. The summed E-state index contributed by atoms with van der Waals surface area (Å²) in [6.45, 7) is 0. The van der Waals surface area contributed by atoms with Crippen molar-refractivity contribution in [1.29, 1.82) is 0 Å². The molecule has 2 aromatic rings. The van der Waals surface area contributed by atoms with E-state index in [0.717, 1.165) is 0 Å². The second kappa shape index (κ2) is 5.62. The lowest BCUT2D eigenvalue weighted by molar-refractivity contribution is -0.384. The number of rotatable bonds is 4. The van der Waals surface area contributed by atoms with Crippen molar-refractivity contribution in [3.8, 4) is 11.5 Å². The lowest BCUT2D eigenvalue weighted by Crippen LogP contribution is -1.89. The van der Waals surface area contributed by atoms with E-state index in [0.29, 0.717) is 27.8 Å². The van der Waals surface area contributed by atoms with E-state index in [1.165, 1.54) is 24.3 Å². The van der Waals surface area contributed by atoms with Crippen molar-refractivity contribution in [3.05, 3.63) is 62.6 Å². The summed E-state index contributed by atoms with van der Waals surface area (Å²) in [7, 11) is 0. The molecule has 0 bridgehead atoms. The van der Waals surface area contributed by atoms with E-state index in [2.05, 4.69) is 15.9 Å². The van der Waals surface area contributed by atoms with Gasteiger partial charge >= 0.3 is 0 Å². The van der Waals surface area contributed by atoms with E-state index in [4.69, 9.17) is 4.74 Å². The highest BCUT2D eigenvalue weighted by molar-refractivity contribution is 9.10. The van der Waals surface area contributed by atoms with Gasteiger partial charge in [0, 0.05) is 22.2 Å². The monoisotopic (exact) mass is 321 g/mol.